The molecule has 1 aliphatic rings. The first-order chi connectivity index (χ1) is 9.24. The number of carboxylic acids is 1. The van der Waals surface area contributed by atoms with Gasteiger partial charge in [-0.1, -0.05) is 0 Å². The number of hydrogen-bond acceptors (Lipinski definition) is 5. The summed E-state index contributed by atoms with van der Waals surface area (Å²) < 4.78 is 0. The molecule has 0 aromatic carbocycles. The average Bonchev–Trinajstić information content (AvgIpc) is 2.81. The number of rotatable bonds is 3. The largest absolute Gasteiger partial charge is 0.481 e. The first-order valence-electron chi connectivity index (χ1n) is 6.13. The zero-order valence-electron chi connectivity index (χ0n) is 10.2. The van der Waals surface area contributed by atoms with Crippen molar-refractivity contribution in [2.75, 3.05) is 5.32 Å². The first kappa shape index (κ1) is 12.1. The Balaban J connectivity index is 1.87. The average molecular weight is 275 g/mol. The highest BCUT2D eigenvalue weighted by molar-refractivity contribution is 7.15. The van der Waals surface area contributed by atoms with E-state index in [0.29, 0.717) is 6.42 Å². The van der Waals surface area contributed by atoms with Crippen molar-refractivity contribution in [1.29, 1.82) is 0 Å². The van der Waals surface area contributed by atoms with E-state index < -0.39 is 11.9 Å². The predicted molar refractivity (Wildman–Crippen MR) is 72.9 cm³/mol. The van der Waals surface area contributed by atoms with E-state index in [-0.39, 0.29) is 0 Å². The van der Waals surface area contributed by atoms with E-state index in [1.807, 2.05) is 12.1 Å². The van der Waals surface area contributed by atoms with Crippen LogP contribution in [0.25, 0.3) is 0 Å². The lowest BCUT2D eigenvalue weighted by Crippen LogP contribution is -2.17. The van der Waals surface area contributed by atoms with Crippen LogP contribution in [0.4, 0.5) is 10.8 Å². The molecule has 19 heavy (non-hydrogen) atoms. The molecule has 2 aromatic rings. The van der Waals surface area contributed by atoms with Gasteiger partial charge in [0.25, 0.3) is 0 Å². The van der Waals surface area contributed by atoms with Crippen LogP contribution in [0.3, 0.4) is 0 Å². The summed E-state index contributed by atoms with van der Waals surface area (Å²) in [6.45, 7) is 0. The molecule has 0 spiro atoms. The topological polar surface area (TPSA) is 75.1 Å². The molecule has 0 amide bonds. The summed E-state index contributed by atoms with van der Waals surface area (Å²) in [5.41, 5.74) is 1.59. The number of carboxylic acid groups (broad SMARTS) is 1. The standard InChI is InChI=1S/C13H13N3O2S/c17-12(18)9-4-1-5-10-11(9)16-13(19-10)15-8-3-2-6-14-7-8/h2-3,6-7,9H,1,4-5H2,(H,15,16)(H,17,18). The highest BCUT2D eigenvalue weighted by Crippen LogP contribution is 2.37. The molecule has 2 N–H and O–H groups in total. The number of nitrogens with zero attached hydrogens (tertiary/aromatic N) is 2. The maximum absolute atomic E-state index is 11.2. The predicted octanol–water partition coefficient (Wildman–Crippen LogP) is 2.79. The van der Waals surface area contributed by atoms with Crippen LogP contribution >= 0.6 is 11.3 Å². The summed E-state index contributed by atoms with van der Waals surface area (Å²) in [4.78, 5) is 20.8. The fraction of sp³-hybridized carbons (Fsp3) is 0.308. The van der Waals surface area contributed by atoms with Crippen molar-refractivity contribution in [2.45, 2.75) is 25.2 Å². The molecule has 2 heterocycles. The molecule has 3 rings (SSSR count). The quantitative estimate of drug-likeness (QED) is 0.901. The van der Waals surface area contributed by atoms with Crippen molar-refractivity contribution in [3.63, 3.8) is 0 Å². The number of thiazole rings is 1. The normalized spacial score (nSPS) is 17.8. The number of nitrogens with one attached hydrogen (secondary N) is 1. The smallest absolute Gasteiger partial charge is 0.312 e. The van der Waals surface area contributed by atoms with E-state index in [1.165, 1.54) is 11.3 Å². The van der Waals surface area contributed by atoms with Crippen LogP contribution in [0, 0.1) is 0 Å². The second-order valence-electron chi connectivity index (χ2n) is 4.48. The van der Waals surface area contributed by atoms with Crippen LogP contribution in [-0.4, -0.2) is 21.0 Å². The minimum absolute atomic E-state index is 0.454. The van der Waals surface area contributed by atoms with Crippen molar-refractivity contribution in [3.8, 4) is 0 Å². The zero-order valence-corrected chi connectivity index (χ0v) is 11.0. The molecule has 5 nitrogen and oxygen atoms in total. The third-order valence-electron chi connectivity index (χ3n) is 3.17. The number of fused-ring (bicyclic) bond motifs is 1. The van der Waals surface area contributed by atoms with Gasteiger partial charge in [0.2, 0.25) is 0 Å². The third kappa shape index (κ3) is 2.44. The van der Waals surface area contributed by atoms with Crippen LogP contribution in [0.2, 0.25) is 0 Å². The molecule has 98 valence electrons. The summed E-state index contributed by atoms with van der Waals surface area (Å²) in [5.74, 6) is -1.23. The highest BCUT2D eigenvalue weighted by Gasteiger charge is 2.29. The van der Waals surface area contributed by atoms with Gasteiger partial charge in [0, 0.05) is 11.1 Å². The van der Waals surface area contributed by atoms with Gasteiger partial charge in [-0.3, -0.25) is 9.78 Å². The number of pyridine rings is 1. The Morgan fingerprint density at radius 2 is 2.42 bits per heavy atom. The fourth-order valence-electron chi connectivity index (χ4n) is 2.27. The number of aromatic nitrogens is 2. The monoisotopic (exact) mass is 275 g/mol. The zero-order chi connectivity index (χ0) is 13.2. The molecule has 2 aromatic heterocycles. The fourth-order valence-corrected chi connectivity index (χ4v) is 3.36. The highest BCUT2D eigenvalue weighted by atomic mass is 32.1. The lowest BCUT2D eigenvalue weighted by atomic mass is 9.91. The van der Waals surface area contributed by atoms with Gasteiger partial charge in [-0.05, 0) is 31.4 Å². The molecule has 0 saturated carbocycles. The minimum atomic E-state index is -0.779. The molecule has 0 saturated heterocycles. The third-order valence-corrected chi connectivity index (χ3v) is 4.21. The van der Waals surface area contributed by atoms with Crippen LogP contribution in [0.5, 0.6) is 0 Å². The summed E-state index contributed by atoms with van der Waals surface area (Å²) in [6.07, 6.45) is 5.94. The van der Waals surface area contributed by atoms with Gasteiger partial charge >= 0.3 is 5.97 Å². The Hall–Kier alpha value is -1.95. The van der Waals surface area contributed by atoms with Crippen LogP contribution in [0.15, 0.2) is 24.5 Å². The van der Waals surface area contributed by atoms with E-state index in [2.05, 4.69) is 15.3 Å². The Kier molecular flexibility index (Phi) is 3.16. The SMILES string of the molecule is O=C(O)C1CCCc2sc(Nc3cccnc3)nc21. The van der Waals surface area contributed by atoms with Crippen LogP contribution in [-0.2, 0) is 11.2 Å². The van der Waals surface area contributed by atoms with Gasteiger partial charge in [0.05, 0.1) is 17.6 Å². The number of aryl methyl sites for hydroxylation is 1. The summed E-state index contributed by atoms with van der Waals surface area (Å²) >= 11 is 1.54. The van der Waals surface area contributed by atoms with E-state index in [9.17, 15) is 9.90 Å². The van der Waals surface area contributed by atoms with E-state index in [0.717, 1.165) is 34.2 Å². The molecule has 0 fully saturated rings. The van der Waals surface area contributed by atoms with Gasteiger partial charge in [-0.25, -0.2) is 4.98 Å². The summed E-state index contributed by atoms with van der Waals surface area (Å²) in [5, 5.41) is 13.1. The van der Waals surface area contributed by atoms with Gasteiger partial charge in [0.1, 0.15) is 5.92 Å². The minimum Gasteiger partial charge on any atom is -0.481 e. The number of aliphatic carboxylic acids is 1. The van der Waals surface area contributed by atoms with Crippen molar-refractivity contribution < 1.29 is 9.90 Å². The van der Waals surface area contributed by atoms with Crippen LogP contribution in [0.1, 0.15) is 29.3 Å². The van der Waals surface area contributed by atoms with Crippen molar-refractivity contribution in [2.24, 2.45) is 0 Å². The second kappa shape index (κ2) is 4.97. The van der Waals surface area contributed by atoms with E-state index in [1.54, 1.807) is 12.4 Å². The molecule has 1 unspecified atom stereocenters. The molecule has 1 aliphatic carbocycles. The Labute approximate surface area is 114 Å². The van der Waals surface area contributed by atoms with Crippen molar-refractivity contribution in [3.05, 3.63) is 35.1 Å². The van der Waals surface area contributed by atoms with Crippen molar-refractivity contribution in [1.82, 2.24) is 9.97 Å². The van der Waals surface area contributed by atoms with E-state index in [4.69, 9.17) is 0 Å². The van der Waals surface area contributed by atoms with Crippen LogP contribution < -0.4 is 5.32 Å². The van der Waals surface area contributed by atoms with Gasteiger partial charge in [0.15, 0.2) is 5.13 Å². The summed E-state index contributed by atoms with van der Waals surface area (Å²) in [7, 11) is 0. The molecule has 0 aliphatic heterocycles. The second-order valence-corrected chi connectivity index (χ2v) is 5.56. The maximum atomic E-state index is 11.2. The molecule has 0 bridgehead atoms. The lowest BCUT2D eigenvalue weighted by Gasteiger charge is -2.16. The number of hydrogen-bond donors (Lipinski definition) is 2. The number of anilines is 2. The Morgan fingerprint density at radius 1 is 1.53 bits per heavy atom. The lowest BCUT2D eigenvalue weighted by molar-refractivity contribution is -0.139. The molecular weight excluding hydrogens is 262 g/mol. The maximum Gasteiger partial charge on any atom is 0.312 e. The molecule has 0 radical (unpaired) electrons. The van der Waals surface area contributed by atoms with Gasteiger partial charge < -0.3 is 10.4 Å². The van der Waals surface area contributed by atoms with Gasteiger partial charge in [-0.2, -0.15) is 0 Å². The molecule has 1 atom stereocenters. The van der Waals surface area contributed by atoms with Crippen molar-refractivity contribution >= 4 is 28.1 Å². The van der Waals surface area contributed by atoms with Gasteiger partial charge in [-0.15, -0.1) is 11.3 Å². The molecular formula is C13H13N3O2S. The Bertz CT molecular complexity index is 597. The van der Waals surface area contributed by atoms with E-state index >= 15 is 0 Å². The number of carbonyl (C=O) groups is 1. The summed E-state index contributed by atoms with van der Waals surface area (Å²) in [6, 6.07) is 3.75. The first-order valence-corrected chi connectivity index (χ1v) is 6.95. The Morgan fingerprint density at radius 3 is 3.16 bits per heavy atom. The molecule has 6 heteroatoms.